The Labute approximate surface area is 227 Å². The predicted octanol–water partition coefficient (Wildman–Crippen LogP) is 5.41. The molecule has 1 saturated heterocycles. The van der Waals surface area contributed by atoms with Gasteiger partial charge in [0.05, 0.1) is 16.4 Å². The molecule has 0 saturated carbocycles. The minimum atomic E-state index is -0.583. The van der Waals surface area contributed by atoms with E-state index in [0.29, 0.717) is 31.9 Å². The van der Waals surface area contributed by atoms with Gasteiger partial charge in [0.2, 0.25) is 0 Å². The molecule has 1 N–H and O–H groups in total. The van der Waals surface area contributed by atoms with E-state index in [9.17, 15) is 14.0 Å². The molecule has 1 aliphatic rings. The lowest BCUT2D eigenvalue weighted by Crippen LogP contribution is -2.54. The number of anilines is 1. The first-order chi connectivity index (χ1) is 17.3. The maximum absolute atomic E-state index is 14.0. The fraction of sp³-hybridized carbons (Fsp3) is 0.148. The average Bonchev–Trinajstić information content (AvgIpc) is 2.86. The van der Waals surface area contributed by atoms with Gasteiger partial charge in [0.1, 0.15) is 18.0 Å². The zero-order valence-corrected chi connectivity index (χ0v) is 22.5. The molecule has 0 bridgehead atoms. The van der Waals surface area contributed by atoms with Gasteiger partial charge in [0, 0.05) is 5.56 Å². The third-order valence-corrected chi connectivity index (χ3v) is 6.68. The normalized spacial score (nSPS) is 14.7. The van der Waals surface area contributed by atoms with Crippen molar-refractivity contribution in [2.24, 2.45) is 0 Å². The Morgan fingerprint density at radius 3 is 2.50 bits per heavy atom. The van der Waals surface area contributed by atoms with E-state index in [0.717, 1.165) is 12.0 Å². The summed E-state index contributed by atoms with van der Waals surface area (Å²) in [6, 6.07) is 17.2. The first kappa shape index (κ1) is 25.8. The van der Waals surface area contributed by atoms with Crippen LogP contribution in [0.1, 0.15) is 23.6 Å². The molecule has 6 nitrogen and oxygen atoms in total. The summed E-state index contributed by atoms with van der Waals surface area (Å²) in [5.74, 6) is -0.651. The van der Waals surface area contributed by atoms with Gasteiger partial charge in [-0.1, -0.05) is 37.3 Å². The molecule has 3 aromatic rings. The van der Waals surface area contributed by atoms with E-state index in [2.05, 4.69) is 27.9 Å². The van der Waals surface area contributed by atoms with Gasteiger partial charge in [-0.2, -0.15) is 0 Å². The van der Waals surface area contributed by atoms with Crippen LogP contribution in [0.15, 0.2) is 66.2 Å². The van der Waals surface area contributed by atoms with E-state index in [1.54, 1.807) is 42.5 Å². The number of hydrogen-bond acceptors (Lipinski definition) is 5. The number of benzene rings is 3. The van der Waals surface area contributed by atoms with Crippen molar-refractivity contribution in [1.29, 1.82) is 0 Å². The summed E-state index contributed by atoms with van der Waals surface area (Å²) in [6.45, 7) is 2.06. The lowest BCUT2D eigenvalue weighted by atomic mass is 10.1. The fourth-order valence-corrected chi connectivity index (χ4v) is 4.73. The zero-order valence-electron chi connectivity index (χ0n) is 19.5. The lowest BCUT2D eigenvalue weighted by molar-refractivity contribution is -0.122. The molecule has 184 valence electrons. The topological polar surface area (TPSA) is 67.9 Å². The highest BCUT2D eigenvalue weighted by atomic mass is 127. The first-order valence-corrected chi connectivity index (χ1v) is 12.5. The van der Waals surface area contributed by atoms with Crippen LogP contribution in [0, 0.1) is 9.39 Å². The summed E-state index contributed by atoms with van der Waals surface area (Å²) >= 11 is 7.35. The minimum absolute atomic E-state index is 0.0174. The van der Waals surface area contributed by atoms with Crippen molar-refractivity contribution < 1.29 is 23.5 Å². The van der Waals surface area contributed by atoms with Crippen LogP contribution in [0.2, 0.25) is 0 Å². The standard InChI is InChI=1S/C27H22FIN2O4S/c1-3-16-8-10-19(11-9-16)31-26(33)20(25(32)30-27(31)36)12-17-13-22(29)24(23(14-17)34-2)35-15-18-6-4-5-7-21(18)28/h4-14H,3,15H2,1-2H3,(H,30,32,36)/b20-12+. The van der Waals surface area contributed by atoms with Crippen molar-refractivity contribution in [2.75, 3.05) is 12.0 Å². The van der Waals surface area contributed by atoms with E-state index in [-0.39, 0.29) is 23.1 Å². The summed E-state index contributed by atoms with van der Waals surface area (Å²) in [7, 11) is 1.48. The van der Waals surface area contributed by atoms with E-state index in [4.69, 9.17) is 21.7 Å². The number of nitrogens with one attached hydrogen (secondary N) is 1. The van der Waals surface area contributed by atoms with Crippen LogP contribution in [-0.2, 0) is 22.6 Å². The molecule has 36 heavy (non-hydrogen) atoms. The molecule has 0 unspecified atom stereocenters. The van der Waals surface area contributed by atoms with E-state index in [1.165, 1.54) is 24.2 Å². The highest BCUT2D eigenvalue weighted by Gasteiger charge is 2.34. The number of thiocarbonyl (C=S) groups is 1. The number of halogens is 2. The molecule has 3 aromatic carbocycles. The summed E-state index contributed by atoms with van der Waals surface area (Å²) in [6.07, 6.45) is 2.35. The molecule has 0 aromatic heterocycles. The second-order valence-corrected chi connectivity index (χ2v) is 9.44. The van der Waals surface area contributed by atoms with Gasteiger partial charge in [-0.3, -0.25) is 19.8 Å². The molecular weight excluding hydrogens is 594 g/mol. The SMILES string of the molecule is CCc1ccc(N2C(=O)/C(=C/c3cc(I)c(OCc4ccccc4F)c(OC)c3)C(=O)NC2=S)cc1. The van der Waals surface area contributed by atoms with Gasteiger partial charge >= 0.3 is 0 Å². The van der Waals surface area contributed by atoms with E-state index >= 15 is 0 Å². The lowest BCUT2D eigenvalue weighted by Gasteiger charge is -2.29. The minimum Gasteiger partial charge on any atom is -0.493 e. The number of methoxy groups -OCH3 is 1. The van der Waals surface area contributed by atoms with Crippen molar-refractivity contribution in [1.82, 2.24) is 5.32 Å². The summed E-state index contributed by atoms with van der Waals surface area (Å²) in [4.78, 5) is 27.3. The number of hydrogen-bond donors (Lipinski definition) is 1. The maximum Gasteiger partial charge on any atom is 0.270 e. The molecular formula is C27H22FIN2O4S. The Hall–Kier alpha value is -3.31. The quantitative estimate of drug-likeness (QED) is 0.167. The van der Waals surface area contributed by atoms with Crippen LogP contribution in [0.25, 0.3) is 6.08 Å². The van der Waals surface area contributed by atoms with Crippen molar-refractivity contribution in [3.8, 4) is 11.5 Å². The van der Waals surface area contributed by atoms with Crippen molar-refractivity contribution in [3.05, 3.63) is 92.3 Å². The van der Waals surface area contributed by atoms with Gasteiger partial charge in [0.25, 0.3) is 11.8 Å². The molecule has 1 aliphatic heterocycles. The monoisotopic (exact) mass is 616 g/mol. The van der Waals surface area contributed by atoms with E-state index in [1.807, 2.05) is 19.1 Å². The Morgan fingerprint density at radius 2 is 1.83 bits per heavy atom. The van der Waals surface area contributed by atoms with Crippen LogP contribution in [0.4, 0.5) is 10.1 Å². The van der Waals surface area contributed by atoms with Gasteiger partial charge in [-0.05, 0) is 88.8 Å². The number of carbonyl (C=O) groups is 2. The summed E-state index contributed by atoms with van der Waals surface area (Å²) in [5, 5.41) is 2.62. The van der Waals surface area contributed by atoms with Crippen LogP contribution in [0.3, 0.4) is 0 Å². The Morgan fingerprint density at radius 1 is 1.11 bits per heavy atom. The molecule has 4 rings (SSSR count). The molecule has 0 radical (unpaired) electrons. The molecule has 0 atom stereocenters. The third kappa shape index (κ3) is 5.41. The summed E-state index contributed by atoms with van der Waals surface area (Å²) in [5.41, 5.74) is 2.59. The number of carbonyl (C=O) groups excluding carboxylic acids is 2. The van der Waals surface area contributed by atoms with Crippen molar-refractivity contribution in [3.63, 3.8) is 0 Å². The van der Waals surface area contributed by atoms with Gasteiger partial charge in [0.15, 0.2) is 16.6 Å². The third-order valence-electron chi connectivity index (χ3n) is 5.60. The second-order valence-electron chi connectivity index (χ2n) is 7.89. The number of rotatable bonds is 7. The number of nitrogens with zero attached hydrogens (tertiary/aromatic N) is 1. The Bertz CT molecular complexity index is 1370. The smallest absolute Gasteiger partial charge is 0.270 e. The Balaban J connectivity index is 1.64. The molecule has 0 spiro atoms. The van der Waals surface area contributed by atoms with Crippen LogP contribution in [-0.4, -0.2) is 24.0 Å². The number of ether oxygens (including phenoxy) is 2. The highest BCUT2D eigenvalue weighted by molar-refractivity contribution is 14.1. The fourth-order valence-electron chi connectivity index (χ4n) is 3.67. The van der Waals surface area contributed by atoms with Gasteiger partial charge in [-0.15, -0.1) is 0 Å². The molecule has 0 aliphatic carbocycles. The maximum atomic E-state index is 14.0. The van der Waals surface area contributed by atoms with Gasteiger partial charge in [-0.25, -0.2) is 4.39 Å². The largest absolute Gasteiger partial charge is 0.493 e. The molecule has 1 fully saturated rings. The highest BCUT2D eigenvalue weighted by Crippen LogP contribution is 2.35. The summed E-state index contributed by atoms with van der Waals surface area (Å²) < 4.78 is 26.0. The zero-order chi connectivity index (χ0) is 25.8. The second kappa shape index (κ2) is 11.2. The Kier molecular flexibility index (Phi) is 8.00. The van der Waals surface area contributed by atoms with E-state index < -0.39 is 11.8 Å². The van der Waals surface area contributed by atoms with Crippen LogP contribution < -0.4 is 19.7 Å². The number of aryl methyl sites for hydroxylation is 1. The first-order valence-electron chi connectivity index (χ1n) is 11.1. The van der Waals surface area contributed by atoms with Crippen molar-refractivity contribution >= 4 is 63.5 Å². The van der Waals surface area contributed by atoms with Crippen molar-refractivity contribution in [2.45, 2.75) is 20.0 Å². The molecule has 2 amide bonds. The van der Waals surface area contributed by atoms with Gasteiger partial charge < -0.3 is 9.47 Å². The molecule has 1 heterocycles. The predicted molar refractivity (Wildman–Crippen MR) is 148 cm³/mol. The molecule has 9 heteroatoms. The van der Waals surface area contributed by atoms with Crippen LogP contribution in [0.5, 0.6) is 11.5 Å². The van der Waals surface area contributed by atoms with Crippen LogP contribution >= 0.6 is 34.8 Å². The number of amides is 2. The average molecular weight is 616 g/mol.